The zero-order valence-corrected chi connectivity index (χ0v) is 18.3. The van der Waals surface area contributed by atoms with E-state index in [1.807, 2.05) is 20.8 Å². The van der Waals surface area contributed by atoms with E-state index in [0.717, 1.165) is 19.5 Å². The van der Waals surface area contributed by atoms with Gasteiger partial charge in [-0.3, -0.25) is 4.90 Å². The van der Waals surface area contributed by atoms with Crippen molar-refractivity contribution in [2.24, 2.45) is 0 Å². The lowest BCUT2D eigenvalue weighted by Gasteiger charge is -2.45. The summed E-state index contributed by atoms with van der Waals surface area (Å²) in [6.07, 6.45) is 1.79. The third kappa shape index (κ3) is 6.67. The molecule has 0 bridgehead atoms. The molecule has 0 spiro atoms. The van der Waals surface area contributed by atoms with Crippen LogP contribution in [0.4, 0.5) is 4.79 Å². The Bertz CT molecular complexity index is 750. The molecule has 1 heterocycles. The van der Waals surface area contributed by atoms with Crippen molar-refractivity contribution in [1.29, 1.82) is 0 Å². The lowest BCUT2D eigenvalue weighted by Crippen LogP contribution is -2.61. The van der Waals surface area contributed by atoms with Crippen LogP contribution in [0.5, 0.6) is 5.75 Å². The molecule has 1 aromatic carbocycles. The zero-order chi connectivity index (χ0) is 20.9. The third-order valence-corrected chi connectivity index (χ3v) is 5.68. The van der Waals surface area contributed by atoms with Gasteiger partial charge in [-0.2, -0.15) is 0 Å². The van der Waals surface area contributed by atoms with Crippen LogP contribution in [0.1, 0.15) is 34.1 Å². The fraction of sp³-hybridized carbons (Fsp3) is 0.650. The highest BCUT2D eigenvalue weighted by atomic mass is 32.2. The molecule has 0 aromatic heterocycles. The first-order valence-corrected chi connectivity index (χ1v) is 11.5. The van der Waals surface area contributed by atoms with Gasteiger partial charge in [-0.05, 0) is 58.0 Å². The Morgan fingerprint density at radius 3 is 2.32 bits per heavy atom. The van der Waals surface area contributed by atoms with Gasteiger partial charge in [0.05, 0.1) is 11.5 Å². The lowest BCUT2D eigenvalue weighted by molar-refractivity contribution is -0.0151. The second-order valence-corrected chi connectivity index (χ2v) is 10.1. The topological polar surface area (TPSA) is 76.2 Å². The van der Waals surface area contributed by atoms with E-state index in [0.29, 0.717) is 31.5 Å². The highest BCUT2D eigenvalue weighted by Gasteiger charge is 2.36. The summed E-state index contributed by atoms with van der Waals surface area (Å²) in [5.74, 6) is 0.662. The minimum Gasteiger partial charge on any atom is -0.494 e. The second-order valence-electron chi connectivity index (χ2n) is 8.11. The molecule has 0 radical (unpaired) electrons. The Balaban J connectivity index is 1.70. The fourth-order valence-corrected chi connectivity index (χ4v) is 3.63. The Morgan fingerprint density at radius 1 is 1.21 bits per heavy atom. The number of carbonyl (C=O) groups is 1. The Kier molecular flexibility index (Phi) is 7.33. The average Bonchev–Trinajstić information content (AvgIpc) is 2.53. The van der Waals surface area contributed by atoms with Crippen molar-refractivity contribution in [3.05, 3.63) is 24.3 Å². The van der Waals surface area contributed by atoms with E-state index in [4.69, 9.17) is 9.47 Å². The fourth-order valence-electron chi connectivity index (χ4n) is 3.00. The van der Waals surface area contributed by atoms with Crippen LogP contribution in [0.2, 0.25) is 0 Å². The van der Waals surface area contributed by atoms with Crippen LogP contribution in [-0.4, -0.2) is 75.0 Å². The Hall–Kier alpha value is -1.80. The van der Waals surface area contributed by atoms with E-state index in [1.54, 1.807) is 29.2 Å². The number of ether oxygens (including phenoxy) is 2. The molecule has 0 unspecified atom stereocenters. The molecule has 1 aromatic rings. The molecular formula is C20H32N2O5S. The first-order valence-electron chi connectivity index (χ1n) is 9.64. The predicted molar refractivity (Wildman–Crippen MR) is 109 cm³/mol. The molecule has 0 atom stereocenters. The normalized spacial score (nSPS) is 15.4. The lowest BCUT2D eigenvalue weighted by atomic mass is 10.1. The molecule has 1 saturated heterocycles. The van der Waals surface area contributed by atoms with Gasteiger partial charge in [-0.1, -0.05) is 6.92 Å². The number of sulfone groups is 1. The van der Waals surface area contributed by atoms with Gasteiger partial charge in [0.2, 0.25) is 0 Å². The number of rotatable bonds is 8. The number of likely N-dealkylation sites (N-methyl/N-ethyl adjacent to an activating group) is 1. The van der Waals surface area contributed by atoms with Crippen LogP contribution in [0.3, 0.4) is 0 Å². The number of amides is 1. The number of nitrogens with zero attached hydrogens (tertiary/aromatic N) is 2. The summed E-state index contributed by atoms with van der Waals surface area (Å²) in [5, 5.41) is 0. The second kappa shape index (κ2) is 9.13. The maximum absolute atomic E-state index is 12.0. The van der Waals surface area contributed by atoms with Crippen molar-refractivity contribution in [3.8, 4) is 5.75 Å². The van der Waals surface area contributed by atoms with Crippen LogP contribution >= 0.6 is 0 Å². The van der Waals surface area contributed by atoms with Gasteiger partial charge in [0, 0.05) is 31.9 Å². The van der Waals surface area contributed by atoms with Crippen molar-refractivity contribution in [2.75, 3.05) is 39.0 Å². The summed E-state index contributed by atoms with van der Waals surface area (Å²) in [6.45, 7) is 11.4. The van der Waals surface area contributed by atoms with Gasteiger partial charge >= 0.3 is 6.09 Å². The van der Waals surface area contributed by atoms with Crippen LogP contribution in [-0.2, 0) is 14.6 Å². The first kappa shape index (κ1) is 22.5. The van der Waals surface area contributed by atoms with E-state index < -0.39 is 15.4 Å². The van der Waals surface area contributed by atoms with Crippen molar-refractivity contribution < 1.29 is 22.7 Å². The zero-order valence-electron chi connectivity index (χ0n) is 17.5. The van der Waals surface area contributed by atoms with Crippen LogP contribution < -0.4 is 4.74 Å². The van der Waals surface area contributed by atoms with Crippen molar-refractivity contribution in [3.63, 3.8) is 0 Å². The van der Waals surface area contributed by atoms with E-state index in [1.165, 1.54) is 6.26 Å². The maximum atomic E-state index is 12.0. The molecular weight excluding hydrogens is 380 g/mol. The number of likely N-dealkylation sites (tertiary alicyclic amines) is 1. The highest BCUT2D eigenvalue weighted by Crippen LogP contribution is 2.20. The SMILES string of the molecule is CCN(CCCOc1ccc(S(C)(=O)=O)cc1)C1CN(C(=O)OC(C)(C)C)C1. The molecule has 1 amide bonds. The van der Waals surface area contributed by atoms with E-state index >= 15 is 0 Å². The van der Waals surface area contributed by atoms with Gasteiger partial charge < -0.3 is 14.4 Å². The molecule has 28 heavy (non-hydrogen) atoms. The number of carbonyl (C=O) groups excluding carboxylic acids is 1. The summed E-state index contributed by atoms with van der Waals surface area (Å²) in [6, 6.07) is 6.83. The molecule has 1 aliphatic heterocycles. The Labute approximate surface area is 168 Å². The minimum absolute atomic E-state index is 0.249. The average molecular weight is 413 g/mol. The smallest absolute Gasteiger partial charge is 0.410 e. The van der Waals surface area contributed by atoms with Crippen molar-refractivity contribution in [2.45, 2.75) is 50.7 Å². The van der Waals surface area contributed by atoms with E-state index in [9.17, 15) is 13.2 Å². The molecule has 1 aliphatic rings. The van der Waals surface area contributed by atoms with Gasteiger partial charge in [-0.25, -0.2) is 13.2 Å². The minimum atomic E-state index is -3.19. The summed E-state index contributed by atoms with van der Waals surface area (Å²) >= 11 is 0. The quantitative estimate of drug-likeness (QED) is 0.611. The largest absolute Gasteiger partial charge is 0.494 e. The molecule has 2 rings (SSSR count). The number of benzene rings is 1. The summed E-state index contributed by atoms with van der Waals surface area (Å²) in [7, 11) is -3.19. The van der Waals surface area contributed by atoms with Gasteiger partial charge in [0.25, 0.3) is 0 Å². The molecule has 0 aliphatic carbocycles. The van der Waals surface area contributed by atoms with Crippen molar-refractivity contribution >= 4 is 15.9 Å². The summed E-state index contributed by atoms with van der Waals surface area (Å²) in [5.41, 5.74) is -0.469. The van der Waals surface area contributed by atoms with E-state index in [2.05, 4.69) is 11.8 Å². The van der Waals surface area contributed by atoms with Crippen LogP contribution in [0.25, 0.3) is 0 Å². The number of hydrogen-bond acceptors (Lipinski definition) is 6. The standard InChI is InChI=1S/C20H32N2O5S/c1-6-21(16-14-22(15-16)19(23)27-20(2,3)4)12-7-13-26-17-8-10-18(11-9-17)28(5,24)25/h8-11,16H,6-7,12-15H2,1-5H3. The third-order valence-electron chi connectivity index (χ3n) is 4.55. The molecule has 1 fully saturated rings. The van der Waals surface area contributed by atoms with Crippen LogP contribution in [0, 0.1) is 0 Å². The van der Waals surface area contributed by atoms with Gasteiger partial charge in [0.15, 0.2) is 9.84 Å². The maximum Gasteiger partial charge on any atom is 0.410 e. The Morgan fingerprint density at radius 2 is 1.82 bits per heavy atom. The summed E-state index contributed by atoms with van der Waals surface area (Å²) in [4.78, 5) is 16.4. The molecule has 158 valence electrons. The molecule has 0 N–H and O–H groups in total. The molecule has 7 nitrogen and oxygen atoms in total. The monoisotopic (exact) mass is 412 g/mol. The van der Waals surface area contributed by atoms with Crippen LogP contribution in [0.15, 0.2) is 29.2 Å². The van der Waals surface area contributed by atoms with Gasteiger partial charge in [0.1, 0.15) is 11.4 Å². The van der Waals surface area contributed by atoms with Gasteiger partial charge in [-0.15, -0.1) is 0 Å². The highest BCUT2D eigenvalue weighted by molar-refractivity contribution is 7.90. The predicted octanol–water partition coefficient (Wildman–Crippen LogP) is 2.80. The molecule has 0 saturated carbocycles. The number of hydrogen-bond donors (Lipinski definition) is 0. The summed E-state index contributed by atoms with van der Waals surface area (Å²) < 4.78 is 34.0. The first-order chi connectivity index (χ1) is 13.0. The van der Waals surface area contributed by atoms with E-state index in [-0.39, 0.29) is 11.0 Å². The van der Waals surface area contributed by atoms with Crippen molar-refractivity contribution in [1.82, 2.24) is 9.80 Å². The molecule has 8 heteroatoms.